The lowest BCUT2D eigenvalue weighted by Crippen LogP contribution is -2.04. The molecule has 23 heavy (non-hydrogen) atoms. The summed E-state index contributed by atoms with van der Waals surface area (Å²) < 4.78 is 0. The predicted octanol–water partition coefficient (Wildman–Crippen LogP) is 4.31. The van der Waals surface area contributed by atoms with Gasteiger partial charge in [0.05, 0.1) is 11.4 Å². The Morgan fingerprint density at radius 1 is 1.09 bits per heavy atom. The number of hydrogen-bond acceptors (Lipinski definition) is 5. The molecule has 0 aliphatic carbocycles. The Morgan fingerprint density at radius 3 is 2.61 bits per heavy atom. The summed E-state index contributed by atoms with van der Waals surface area (Å²) in [6, 6.07) is 13.9. The molecule has 0 bridgehead atoms. The van der Waals surface area contributed by atoms with E-state index >= 15 is 0 Å². The van der Waals surface area contributed by atoms with Crippen molar-refractivity contribution in [1.82, 2.24) is 4.98 Å². The Balaban J connectivity index is 1.88. The predicted molar refractivity (Wildman–Crippen MR) is 88.3 cm³/mol. The van der Waals surface area contributed by atoms with Crippen LogP contribution < -0.4 is 5.32 Å². The molecular formula is C17H14N4O2. The van der Waals surface area contributed by atoms with Gasteiger partial charge in [0.2, 0.25) is 5.91 Å². The highest BCUT2D eigenvalue weighted by atomic mass is 16.3. The first-order chi connectivity index (χ1) is 11.1. The number of rotatable bonds is 3. The summed E-state index contributed by atoms with van der Waals surface area (Å²) in [6.45, 7) is 1.46. The topological polar surface area (TPSA) is 86.9 Å². The van der Waals surface area contributed by atoms with Crippen LogP contribution in [0.3, 0.4) is 0 Å². The molecule has 0 saturated carbocycles. The summed E-state index contributed by atoms with van der Waals surface area (Å²) in [5.74, 6) is -0.0124. The monoisotopic (exact) mass is 306 g/mol. The summed E-state index contributed by atoms with van der Waals surface area (Å²) in [4.78, 5) is 15.1. The number of fused-ring (bicyclic) bond motifs is 1. The zero-order chi connectivity index (χ0) is 16.2. The number of phenols is 1. The number of aromatic hydroxyl groups is 1. The van der Waals surface area contributed by atoms with Crippen molar-refractivity contribution < 1.29 is 9.90 Å². The van der Waals surface area contributed by atoms with Gasteiger partial charge in [0.1, 0.15) is 11.3 Å². The molecular weight excluding hydrogens is 292 g/mol. The Morgan fingerprint density at radius 2 is 1.87 bits per heavy atom. The highest BCUT2D eigenvalue weighted by molar-refractivity contribution is 5.93. The first kappa shape index (κ1) is 14.6. The Bertz CT molecular complexity index is 889. The maximum Gasteiger partial charge on any atom is 0.221 e. The molecule has 0 fully saturated rings. The van der Waals surface area contributed by atoms with E-state index in [4.69, 9.17) is 0 Å². The lowest BCUT2D eigenvalue weighted by Gasteiger charge is -2.03. The molecule has 6 nitrogen and oxygen atoms in total. The molecule has 0 atom stereocenters. The van der Waals surface area contributed by atoms with Gasteiger partial charge in [-0.15, -0.1) is 5.11 Å². The summed E-state index contributed by atoms with van der Waals surface area (Å²) in [7, 11) is 0. The maximum absolute atomic E-state index is 11.0. The summed E-state index contributed by atoms with van der Waals surface area (Å²) in [5.41, 5.74) is 2.47. The SMILES string of the molecule is CC(=O)Nc1ccc(N=Nc2ccc(O)c3ncccc23)cc1. The standard InChI is InChI=1S/C17H14N4O2/c1-11(22)19-12-4-6-13(7-5-12)20-21-15-8-9-16(23)17-14(15)3-2-10-18-17/h2-10,23H,1H3,(H,19,22). The Hall–Kier alpha value is -3.28. The second-order valence-electron chi connectivity index (χ2n) is 4.93. The van der Waals surface area contributed by atoms with Crippen LogP contribution in [0, 0.1) is 0 Å². The van der Waals surface area contributed by atoms with Crippen molar-refractivity contribution in [2.45, 2.75) is 6.92 Å². The quantitative estimate of drug-likeness (QED) is 0.707. The normalized spacial score (nSPS) is 11.0. The number of amides is 1. The molecule has 0 spiro atoms. The number of anilines is 1. The van der Waals surface area contributed by atoms with Crippen molar-refractivity contribution >= 4 is 33.9 Å². The second-order valence-corrected chi connectivity index (χ2v) is 4.93. The first-order valence-corrected chi connectivity index (χ1v) is 6.99. The van der Waals surface area contributed by atoms with Gasteiger partial charge in [0.25, 0.3) is 0 Å². The van der Waals surface area contributed by atoms with E-state index in [0.717, 1.165) is 5.39 Å². The number of nitrogens with one attached hydrogen (secondary N) is 1. The molecule has 114 valence electrons. The van der Waals surface area contributed by atoms with E-state index < -0.39 is 0 Å². The smallest absolute Gasteiger partial charge is 0.221 e. The van der Waals surface area contributed by atoms with Crippen LogP contribution in [0.4, 0.5) is 17.1 Å². The highest BCUT2D eigenvalue weighted by Gasteiger charge is 2.05. The molecule has 2 aromatic carbocycles. The largest absolute Gasteiger partial charge is 0.506 e. The van der Waals surface area contributed by atoms with Crippen molar-refractivity contribution in [2.24, 2.45) is 10.2 Å². The average molecular weight is 306 g/mol. The van der Waals surface area contributed by atoms with Crippen molar-refractivity contribution in [3.63, 3.8) is 0 Å². The van der Waals surface area contributed by atoms with Crippen LogP contribution in [0.1, 0.15) is 6.92 Å². The zero-order valence-corrected chi connectivity index (χ0v) is 12.4. The van der Waals surface area contributed by atoms with Gasteiger partial charge in [-0.05, 0) is 48.5 Å². The van der Waals surface area contributed by atoms with Crippen LogP contribution in [0.2, 0.25) is 0 Å². The Labute approximate surface area is 132 Å². The molecule has 3 aromatic rings. The van der Waals surface area contributed by atoms with Gasteiger partial charge in [0, 0.05) is 24.2 Å². The number of nitrogens with zero attached hydrogens (tertiary/aromatic N) is 3. The van der Waals surface area contributed by atoms with Gasteiger partial charge in [0.15, 0.2) is 0 Å². The minimum Gasteiger partial charge on any atom is -0.506 e. The lowest BCUT2D eigenvalue weighted by molar-refractivity contribution is -0.114. The van der Waals surface area contributed by atoms with E-state index in [2.05, 4.69) is 20.5 Å². The fourth-order valence-electron chi connectivity index (χ4n) is 2.16. The molecule has 6 heteroatoms. The minimum atomic E-state index is -0.123. The third-order valence-corrected chi connectivity index (χ3v) is 3.19. The molecule has 0 unspecified atom stereocenters. The van der Waals surface area contributed by atoms with Gasteiger partial charge in [-0.3, -0.25) is 9.78 Å². The van der Waals surface area contributed by atoms with Gasteiger partial charge in [-0.1, -0.05) is 0 Å². The van der Waals surface area contributed by atoms with Gasteiger partial charge < -0.3 is 10.4 Å². The van der Waals surface area contributed by atoms with E-state index in [9.17, 15) is 9.90 Å². The van der Waals surface area contributed by atoms with Gasteiger partial charge >= 0.3 is 0 Å². The van der Waals surface area contributed by atoms with E-state index in [-0.39, 0.29) is 11.7 Å². The van der Waals surface area contributed by atoms with Crippen LogP contribution in [0.5, 0.6) is 5.75 Å². The van der Waals surface area contributed by atoms with Crippen LogP contribution in [-0.2, 0) is 4.79 Å². The summed E-state index contributed by atoms with van der Waals surface area (Å²) in [5, 5.41) is 21.6. The number of benzene rings is 2. The molecule has 0 saturated heterocycles. The number of carbonyl (C=O) groups is 1. The third-order valence-electron chi connectivity index (χ3n) is 3.19. The van der Waals surface area contributed by atoms with Crippen LogP contribution >= 0.6 is 0 Å². The molecule has 3 rings (SSSR count). The number of phenolic OH excluding ortho intramolecular Hbond substituents is 1. The fraction of sp³-hybridized carbons (Fsp3) is 0.0588. The summed E-state index contributed by atoms with van der Waals surface area (Å²) in [6.07, 6.45) is 1.61. The number of pyridine rings is 1. The zero-order valence-electron chi connectivity index (χ0n) is 12.4. The molecule has 2 N–H and O–H groups in total. The van der Waals surface area contributed by atoms with E-state index in [1.807, 2.05) is 6.07 Å². The second kappa shape index (κ2) is 6.23. The number of aromatic nitrogens is 1. The van der Waals surface area contributed by atoms with E-state index in [0.29, 0.717) is 22.6 Å². The third kappa shape index (κ3) is 3.32. The fourth-order valence-corrected chi connectivity index (χ4v) is 2.16. The van der Waals surface area contributed by atoms with Gasteiger partial charge in [-0.2, -0.15) is 5.11 Å². The van der Waals surface area contributed by atoms with Crippen LogP contribution in [0.15, 0.2) is 65.0 Å². The minimum absolute atomic E-state index is 0.110. The van der Waals surface area contributed by atoms with E-state index in [1.165, 1.54) is 6.92 Å². The van der Waals surface area contributed by atoms with Crippen molar-refractivity contribution in [3.05, 3.63) is 54.7 Å². The van der Waals surface area contributed by atoms with Crippen molar-refractivity contribution in [2.75, 3.05) is 5.32 Å². The van der Waals surface area contributed by atoms with Crippen LogP contribution in [0.25, 0.3) is 10.9 Å². The molecule has 1 aromatic heterocycles. The van der Waals surface area contributed by atoms with Crippen molar-refractivity contribution in [1.29, 1.82) is 0 Å². The first-order valence-electron chi connectivity index (χ1n) is 6.99. The molecule has 0 aliphatic heterocycles. The number of carbonyl (C=O) groups excluding carboxylic acids is 1. The van der Waals surface area contributed by atoms with E-state index in [1.54, 1.807) is 48.7 Å². The Kier molecular flexibility index (Phi) is 3.97. The lowest BCUT2D eigenvalue weighted by atomic mass is 10.2. The molecule has 0 aliphatic rings. The summed E-state index contributed by atoms with van der Waals surface area (Å²) >= 11 is 0. The highest BCUT2D eigenvalue weighted by Crippen LogP contribution is 2.31. The maximum atomic E-state index is 11.0. The van der Waals surface area contributed by atoms with Crippen LogP contribution in [-0.4, -0.2) is 16.0 Å². The van der Waals surface area contributed by atoms with Gasteiger partial charge in [-0.25, -0.2) is 0 Å². The number of hydrogen-bond donors (Lipinski definition) is 2. The average Bonchev–Trinajstić information content (AvgIpc) is 2.55. The molecule has 1 amide bonds. The van der Waals surface area contributed by atoms with Crippen molar-refractivity contribution in [3.8, 4) is 5.75 Å². The molecule has 0 radical (unpaired) electrons. The molecule has 1 heterocycles. The number of azo groups is 1.